The number of benzene rings is 1. The number of hydrogen-bond donors (Lipinski definition) is 2. The van der Waals surface area contributed by atoms with Crippen LogP contribution in [0.25, 0.3) is 0 Å². The second kappa shape index (κ2) is 5.79. The van der Waals surface area contributed by atoms with E-state index >= 15 is 0 Å². The smallest absolute Gasteiger partial charge is 0.291 e. The number of ether oxygens (including phenoxy) is 1. The number of aryl methyl sites for hydroxylation is 1. The van der Waals surface area contributed by atoms with Gasteiger partial charge in [-0.25, -0.2) is 0 Å². The maximum atomic E-state index is 12.1. The van der Waals surface area contributed by atoms with Crippen molar-refractivity contribution in [3.8, 4) is 5.75 Å². The van der Waals surface area contributed by atoms with Crippen LogP contribution in [0.15, 0.2) is 34.7 Å². The van der Waals surface area contributed by atoms with E-state index in [1.165, 1.54) is 0 Å². The van der Waals surface area contributed by atoms with Crippen LogP contribution in [-0.4, -0.2) is 13.0 Å². The zero-order valence-electron chi connectivity index (χ0n) is 11.8. The highest BCUT2D eigenvalue weighted by atomic mass is 16.5. The average Bonchev–Trinajstić information content (AvgIpc) is 2.89. The molecular weight excluding hydrogens is 256 g/mol. The van der Waals surface area contributed by atoms with E-state index < -0.39 is 0 Å². The Labute approximate surface area is 117 Å². The number of furan rings is 1. The molecular formula is C15H18N2O3. The zero-order chi connectivity index (χ0) is 14.7. The number of nitrogens with two attached hydrogens (primary N) is 1. The number of nitrogens with one attached hydrogen (secondary N) is 1. The lowest BCUT2D eigenvalue weighted by molar-refractivity contribution is 0.0994. The molecule has 1 unspecified atom stereocenters. The summed E-state index contributed by atoms with van der Waals surface area (Å²) >= 11 is 0. The summed E-state index contributed by atoms with van der Waals surface area (Å²) < 4.78 is 10.6. The standard InChI is InChI=1S/C15H18N2O3/c1-9-4-5-13(19-3)11(8-9)17-15(18)14-7-6-12(20-14)10(2)16/h4-8,10H,16H2,1-3H3,(H,17,18). The summed E-state index contributed by atoms with van der Waals surface area (Å²) in [4.78, 5) is 12.1. The summed E-state index contributed by atoms with van der Waals surface area (Å²) in [5.74, 6) is 1.07. The maximum absolute atomic E-state index is 12.1. The van der Waals surface area contributed by atoms with Crippen molar-refractivity contribution in [2.75, 3.05) is 12.4 Å². The lowest BCUT2D eigenvalue weighted by Gasteiger charge is -2.10. The molecule has 1 aromatic heterocycles. The molecule has 1 heterocycles. The lowest BCUT2D eigenvalue weighted by atomic mass is 10.2. The van der Waals surface area contributed by atoms with Crippen molar-refractivity contribution in [1.82, 2.24) is 0 Å². The third-order valence-electron chi connectivity index (χ3n) is 2.90. The summed E-state index contributed by atoms with van der Waals surface area (Å²) in [6, 6.07) is 8.62. The maximum Gasteiger partial charge on any atom is 0.291 e. The van der Waals surface area contributed by atoms with Crippen molar-refractivity contribution in [2.24, 2.45) is 5.73 Å². The molecule has 0 aliphatic carbocycles. The second-order valence-electron chi connectivity index (χ2n) is 4.65. The molecule has 0 aliphatic heterocycles. The third kappa shape index (κ3) is 3.00. The fourth-order valence-electron chi connectivity index (χ4n) is 1.82. The predicted molar refractivity (Wildman–Crippen MR) is 77.0 cm³/mol. The van der Waals surface area contributed by atoms with Gasteiger partial charge in [0.15, 0.2) is 5.76 Å². The molecule has 2 aromatic rings. The van der Waals surface area contributed by atoms with Gasteiger partial charge < -0.3 is 20.2 Å². The Morgan fingerprint density at radius 1 is 1.35 bits per heavy atom. The average molecular weight is 274 g/mol. The molecule has 0 saturated heterocycles. The molecule has 5 nitrogen and oxygen atoms in total. The molecule has 106 valence electrons. The van der Waals surface area contributed by atoms with Crippen LogP contribution in [0.5, 0.6) is 5.75 Å². The molecule has 2 rings (SSSR count). The molecule has 1 amide bonds. The summed E-state index contributed by atoms with van der Waals surface area (Å²) in [5.41, 5.74) is 7.33. The fourth-order valence-corrected chi connectivity index (χ4v) is 1.82. The van der Waals surface area contributed by atoms with Gasteiger partial charge in [0.1, 0.15) is 11.5 Å². The number of rotatable bonds is 4. The lowest BCUT2D eigenvalue weighted by Crippen LogP contribution is -2.12. The van der Waals surface area contributed by atoms with Crippen LogP contribution < -0.4 is 15.8 Å². The van der Waals surface area contributed by atoms with Crippen molar-refractivity contribution < 1.29 is 13.9 Å². The highest BCUT2D eigenvalue weighted by Crippen LogP contribution is 2.26. The number of hydrogen-bond acceptors (Lipinski definition) is 4. The fraction of sp³-hybridized carbons (Fsp3) is 0.267. The summed E-state index contributed by atoms with van der Waals surface area (Å²) in [6.07, 6.45) is 0. The van der Waals surface area contributed by atoms with Gasteiger partial charge >= 0.3 is 0 Å². The van der Waals surface area contributed by atoms with Crippen molar-refractivity contribution in [2.45, 2.75) is 19.9 Å². The summed E-state index contributed by atoms with van der Waals surface area (Å²) in [5, 5.41) is 2.77. The SMILES string of the molecule is COc1ccc(C)cc1NC(=O)c1ccc(C(C)N)o1. The number of anilines is 1. The highest BCUT2D eigenvalue weighted by molar-refractivity contribution is 6.03. The van der Waals surface area contributed by atoms with Crippen LogP contribution >= 0.6 is 0 Å². The molecule has 0 radical (unpaired) electrons. The van der Waals surface area contributed by atoms with Crippen LogP contribution in [0.3, 0.4) is 0 Å². The number of carbonyl (C=O) groups is 1. The quantitative estimate of drug-likeness (QED) is 0.898. The Morgan fingerprint density at radius 3 is 2.70 bits per heavy atom. The van der Waals surface area contributed by atoms with Crippen LogP contribution in [0.1, 0.15) is 34.8 Å². The van der Waals surface area contributed by atoms with E-state index in [2.05, 4.69) is 5.32 Å². The Morgan fingerprint density at radius 2 is 2.10 bits per heavy atom. The first-order chi connectivity index (χ1) is 9.51. The van der Waals surface area contributed by atoms with Gasteiger partial charge in [0.25, 0.3) is 5.91 Å². The van der Waals surface area contributed by atoms with E-state index in [9.17, 15) is 4.79 Å². The van der Waals surface area contributed by atoms with Gasteiger partial charge in [-0.05, 0) is 43.7 Å². The van der Waals surface area contributed by atoms with Crippen LogP contribution in [0.4, 0.5) is 5.69 Å². The molecule has 5 heteroatoms. The first-order valence-electron chi connectivity index (χ1n) is 6.32. The molecule has 0 spiro atoms. The second-order valence-corrected chi connectivity index (χ2v) is 4.65. The Bertz CT molecular complexity index is 617. The van der Waals surface area contributed by atoms with E-state index in [0.717, 1.165) is 5.56 Å². The predicted octanol–water partition coefficient (Wildman–Crippen LogP) is 2.87. The van der Waals surface area contributed by atoms with E-state index in [1.807, 2.05) is 19.1 Å². The minimum absolute atomic E-state index is 0.223. The number of methoxy groups -OCH3 is 1. The molecule has 0 aliphatic rings. The van der Waals surface area contributed by atoms with Crippen molar-refractivity contribution in [3.05, 3.63) is 47.4 Å². The first kappa shape index (κ1) is 14.1. The highest BCUT2D eigenvalue weighted by Gasteiger charge is 2.15. The van der Waals surface area contributed by atoms with E-state index in [1.54, 1.807) is 32.2 Å². The molecule has 1 aromatic carbocycles. The minimum Gasteiger partial charge on any atom is -0.495 e. The molecule has 20 heavy (non-hydrogen) atoms. The third-order valence-corrected chi connectivity index (χ3v) is 2.90. The Hall–Kier alpha value is -2.27. The number of amides is 1. The Kier molecular flexibility index (Phi) is 4.10. The van der Waals surface area contributed by atoms with Crippen LogP contribution in [0, 0.1) is 6.92 Å². The van der Waals surface area contributed by atoms with Crippen LogP contribution in [-0.2, 0) is 0 Å². The van der Waals surface area contributed by atoms with Gasteiger partial charge in [-0.2, -0.15) is 0 Å². The van der Waals surface area contributed by atoms with Crippen molar-refractivity contribution in [1.29, 1.82) is 0 Å². The van der Waals surface area contributed by atoms with E-state index in [0.29, 0.717) is 17.2 Å². The van der Waals surface area contributed by atoms with Gasteiger partial charge in [0.05, 0.1) is 18.8 Å². The zero-order valence-corrected chi connectivity index (χ0v) is 11.8. The number of carbonyl (C=O) groups excluding carboxylic acids is 1. The minimum atomic E-state index is -0.333. The monoisotopic (exact) mass is 274 g/mol. The van der Waals surface area contributed by atoms with E-state index in [4.69, 9.17) is 14.9 Å². The van der Waals surface area contributed by atoms with E-state index in [-0.39, 0.29) is 17.7 Å². The van der Waals surface area contributed by atoms with Crippen LogP contribution in [0.2, 0.25) is 0 Å². The molecule has 0 fully saturated rings. The van der Waals surface area contributed by atoms with Gasteiger partial charge in [0, 0.05) is 0 Å². The molecule has 3 N–H and O–H groups in total. The molecule has 1 atom stereocenters. The summed E-state index contributed by atoms with van der Waals surface area (Å²) in [6.45, 7) is 3.74. The topological polar surface area (TPSA) is 77.5 Å². The largest absolute Gasteiger partial charge is 0.495 e. The normalized spacial score (nSPS) is 12.0. The van der Waals surface area contributed by atoms with Gasteiger partial charge in [-0.1, -0.05) is 6.07 Å². The molecule has 0 saturated carbocycles. The van der Waals surface area contributed by atoms with Crippen molar-refractivity contribution >= 4 is 11.6 Å². The van der Waals surface area contributed by atoms with Gasteiger partial charge in [-0.15, -0.1) is 0 Å². The van der Waals surface area contributed by atoms with Gasteiger partial charge in [0.2, 0.25) is 0 Å². The Balaban J connectivity index is 2.20. The molecule has 0 bridgehead atoms. The van der Waals surface area contributed by atoms with Crippen molar-refractivity contribution in [3.63, 3.8) is 0 Å². The summed E-state index contributed by atoms with van der Waals surface area (Å²) in [7, 11) is 1.56. The first-order valence-corrected chi connectivity index (χ1v) is 6.32. The van der Waals surface area contributed by atoms with Gasteiger partial charge in [-0.3, -0.25) is 4.79 Å².